The average molecular weight is 422 g/mol. The van der Waals surface area contributed by atoms with Gasteiger partial charge in [-0.15, -0.1) is 13.2 Å². The predicted molar refractivity (Wildman–Crippen MR) is 104 cm³/mol. The number of alkyl halides is 3. The molecule has 0 bridgehead atoms. The molecule has 1 aliphatic rings. The van der Waals surface area contributed by atoms with Gasteiger partial charge in [-0.2, -0.15) is 0 Å². The summed E-state index contributed by atoms with van der Waals surface area (Å²) in [6.45, 7) is 1.29. The van der Waals surface area contributed by atoms with Crippen LogP contribution in [0.1, 0.15) is 18.4 Å². The van der Waals surface area contributed by atoms with Crippen LogP contribution in [0.2, 0.25) is 0 Å². The van der Waals surface area contributed by atoms with Crippen molar-refractivity contribution in [1.82, 2.24) is 4.98 Å². The molecule has 1 unspecified atom stereocenters. The number of piperidine rings is 1. The van der Waals surface area contributed by atoms with Crippen molar-refractivity contribution in [3.63, 3.8) is 0 Å². The number of anilines is 2. The average Bonchev–Trinajstić information content (AvgIpc) is 2.69. The van der Waals surface area contributed by atoms with Gasteiger partial charge in [-0.25, -0.2) is 4.98 Å². The number of hydrogen-bond donors (Lipinski definition) is 2. The van der Waals surface area contributed by atoms with Crippen LogP contribution in [0.4, 0.5) is 24.7 Å². The van der Waals surface area contributed by atoms with E-state index in [9.17, 15) is 22.8 Å². The van der Waals surface area contributed by atoms with Gasteiger partial charge in [-0.05, 0) is 42.7 Å². The molecule has 1 aromatic heterocycles. The lowest BCUT2D eigenvalue weighted by Crippen LogP contribution is -2.41. The van der Waals surface area contributed by atoms with E-state index in [0.29, 0.717) is 23.6 Å². The van der Waals surface area contributed by atoms with Crippen LogP contribution in [0.25, 0.3) is 0 Å². The van der Waals surface area contributed by atoms with Crippen molar-refractivity contribution in [2.75, 3.05) is 23.3 Å². The van der Waals surface area contributed by atoms with Crippen LogP contribution in [0.5, 0.6) is 5.75 Å². The standard InChI is InChI=1S/C20H21F3N4O3/c21-20(22,23)30-16-6-3-13(4-7-16)10-18(28)26-15-5-8-17(25-11-15)27-9-1-2-14(12-27)19(24)29/h3-8,11,14H,1-2,9-10,12H2,(H2,24,29)(H,26,28). The summed E-state index contributed by atoms with van der Waals surface area (Å²) >= 11 is 0. The number of nitrogens with one attached hydrogen (secondary N) is 1. The van der Waals surface area contributed by atoms with E-state index >= 15 is 0 Å². The maximum absolute atomic E-state index is 12.2. The summed E-state index contributed by atoms with van der Waals surface area (Å²) in [5, 5.41) is 2.70. The lowest BCUT2D eigenvalue weighted by atomic mass is 9.97. The third-order valence-electron chi connectivity index (χ3n) is 4.70. The molecule has 0 saturated carbocycles. The molecule has 2 aromatic rings. The molecule has 0 spiro atoms. The van der Waals surface area contributed by atoms with Crippen molar-refractivity contribution in [2.45, 2.75) is 25.6 Å². The zero-order chi connectivity index (χ0) is 21.7. The summed E-state index contributed by atoms with van der Waals surface area (Å²) in [5.41, 5.74) is 6.42. The Kier molecular flexibility index (Phi) is 6.43. The number of halogens is 3. The molecule has 3 N–H and O–H groups in total. The van der Waals surface area contributed by atoms with Gasteiger partial charge in [0.2, 0.25) is 11.8 Å². The summed E-state index contributed by atoms with van der Waals surface area (Å²) < 4.78 is 40.3. The predicted octanol–water partition coefficient (Wildman–Crippen LogP) is 2.86. The maximum Gasteiger partial charge on any atom is 0.573 e. The highest BCUT2D eigenvalue weighted by Gasteiger charge is 2.31. The quantitative estimate of drug-likeness (QED) is 0.746. The van der Waals surface area contributed by atoms with Crippen LogP contribution in [-0.4, -0.2) is 36.3 Å². The third kappa shape index (κ3) is 6.10. The number of ether oxygens (including phenoxy) is 1. The maximum atomic E-state index is 12.2. The largest absolute Gasteiger partial charge is 0.573 e. The van der Waals surface area contributed by atoms with Gasteiger partial charge in [-0.3, -0.25) is 9.59 Å². The van der Waals surface area contributed by atoms with Crippen LogP contribution in [0.3, 0.4) is 0 Å². The van der Waals surface area contributed by atoms with Gasteiger partial charge in [0.05, 0.1) is 24.2 Å². The van der Waals surface area contributed by atoms with Gasteiger partial charge < -0.3 is 20.7 Å². The van der Waals surface area contributed by atoms with E-state index in [4.69, 9.17) is 5.73 Å². The highest BCUT2D eigenvalue weighted by Crippen LogP contribution is 2.24. The Bertz CT molecular complexity index is 886. The fourth-order valence-corrected chi connectivity index (χ4v) is 3.26. The zero-order valence-corrected chi connectivity index (χ0v) is 16.0. The van der Waals surface area contributed by atoms with Gasteiger partial charge in [0.1, 0.15) is 11.6 Å². The van der Waals surface area contributed by atoms with Crippen molar-refractivity contribution in [3.05, 3.63) is 48.2 Å². The molecule has 160 valence electrons. The molecule has 7 nitrogen and oxygen atoms in total. The first-order valence-electron chi connectivity index (χ1n) is 9.34. The van der Waals surface area contributed by atoms with Crippen molar-refractivity contribution in [3.8, 4) is 5.75 Å². The summed E-state index contributed by atoms with van der Waals surface area (Å²) in [7, 11) is 0. The Morgan fingerprint density at radius 2 is 1.93 bits per heavy atom. The van der Waals surface area contributed by atoms with Crippen LogP contribution in [0, 0.1) is 5.92 Å². The first-order valence-corrected chi connectivity index (χ1v) is 9.34. The molecular formula is C20H21F3N4O3. The normalized spacial score (nSPS) is 16.8. The van der Waals surface area contributed by atoms with Crippen molar-refractivity contribution < 1.29 is 27.5 Å². The van der Waals surface area contributed by atoms with Crippen LogP contribution in [-0.2, 0) is 16.0 Å². The minimum absolute atomic E-state index is 0.0134. The van der Waals surface area contributed by atoms with E-state index in [-0.39, 0.29) is 29.9 Å². The molecule has 10 heteroatoms. The molecular weight excluding hydrogens is 401 g/mol. The molecule has 2 amide bonds. The molecule has 30 heavy (non-hydrogen) atoms. The van der Waals surface area contributed by atoms with E-state index in [1.54, 1.807) is 12.1 Å². The Morgan fingerprint density at radius 3 is 2.53 bits per heavy atom. The Labute approximate surface area is 171 Å². The lowest BCUT2D eigenvalue weighted by molar-refractivity contribution is -0.274. The summed E-state index contributed by atoms with van der Waals surface area (Å²) in [4.78, 5) is 29.9. The molecule has 1 aromatic carbocycles. The highest BCUT2D eigenvalue weighted by molar-refractivity contribution is 5.92. The number of rotatable bonds is 6. The van der Waals surface area contributed by atoms with Crippen LogP contribution >= 0.6 is 0 Å². The number of primary amides is 1. The number of amides is 2. The van der Waals surface area contributed by atoms with E-state index in [0.717, 1.165) is 31.5 Å². The molecule has 3 rings (SSSR count). The van der Waals surface area contributed by atoms with E-state index in [1.165, 1.54) is 18.3 Å². The number of benzene rings is 1. The SMILES string of the molecule is NC(=O)C1CCCN(c2ccc(NC(=O)Cc3ccc(OC(F)(F)F)cc3)cn2)C1. The number of pyridine rings is 1. The first kappa shape index (κ1) is 21.4. The number of aromatic nitrogens is 1. The number of carbonyl (C=O) groups is 2. The van der Waals surface area contributed by atoms with Crippen LogP contribution < -0.4 is 20.7 Å². The minimum atomic E-state index is -4.76. The second-order valence-corrected chi connectivity index (χ2v) is 7.01. The molecule has 1 atom stereocenters. The second-order valence-electron chi connectivity index (χ2n) is 7.01. The summed E-state index contributed by atoms with van der Waals surface area (Å²) in [6.07, 6.45) is -1.64. The molecule has 1 fully saturated rings. The number of nitrogens with two attached hydrogens (primary N) is 1. The molecule has 2 heterocycles. The van der Waals surface area contributed by atoms with Gasteiger partial charge in [0, 0.05) is 13.1 Å². The highest BCUT2D eigenvalue weighted by atomic mass is 19.4. The third-order valence-corrected chi connectivity index (χ3v) is 4.70. The smallest absolute Gasteiger partial charge is 0.406 e. The molecule has 1 aliphatic heterocycles. The van der Waals surface area contributed by atoms with Crippen molar-refractivity contribution in [2.24, 2.45) is 11.7 Å². The van der Waals surface area contributed by atoms with Crippen molar-refractivity contribution in [1.29, 1.82) is 0 Å². The fourth-order valence-electron chi connectivity index (χ4n) is 3.26. The molecule has 0 aliphatic carbocycles. The van der Waals surface area contributed by atoms with Gasteiger partial charge >= 0.3 is 6.36 Å². The number of hydrogen-bond acceptors (Lipinski definition) is 5. The first-order chi connectivity index (χ1) is 14.2. The zero-order valence-electron chi connectivity index (χ0n) is 16.0. The summed E-state index contributed by atoms with van der Waals surface area (Å²) in [5.74, 6) is -0.503. The lowest BCUT2D eigenvalue weighted by Gasteiger charge is -2.32. The second kappa shape index (κ2) is 9.02. The van der Waals surface area contributed by atoms with E-state index in [2.05, 4.69) is 15.0 Å². The molecule has 1 saturated heterocycles. The van der Waals surface area contributed by atoms with E-state index in [1.807, 2.05) is 4.90 Å². The van der Waals surface area contributed by atoms with Gasteiger partial charge in [0.15, 0.2) is 0 Å². The Hall–Kier alpha value is -3.30. The van der Waals surface area contributed by atoms with E-state index < -0.39 is 6.36 Å². The fraction of sp³-hybridized carbons (Fsp3) is 0.350. The Morgan fingerprint density at radius 1 is 1.20 bits per heavy atom. The van der Waals surface area contributed by atoms with Crippen molar-refractivity contribution >= 4 is 23.3 Å². The minimum Gasteiger partial charge on any atom is -0.406 e. The van der Waals surface area contributed by atoms with Gasteiger partial charge in [0.25, 0.3) is 0 Å². The summed E-state index contributed by atoms with van der Waals surface area (Å²) in [6, 6.07) is 8.56. The van der Waals surface area contributed by atoms with Crippen LogP contribution in [0.15, 0.2) is 42.6 Å². The monoisotopic (exact) mass is 422 g/mol. The Balaban J connectivity index is 1.54. The topological polar surface area (TPSA) is 97.6 Å². The number of nitrogens with zero attached hydrogens (tertiary/aromatic N) is 2. The number of carbonyl (C=O) groups excluding carboxylic acids is 2. The van der Waals surface area contributed by atoms with Gasteiger partial charge in [-0.1, -0.05) is 12.1 Å². The molecule has 0 radical (unpaired) electrons.